The number of nitrogens with zero attached hydrogens (tertiary/aromatic N) is 3. The van der Waals surface area contributed by atoms with Crippen molar-refractivity contribution >= 4 is 0 Å². The van der Waals surface area contributed by atoms with E-state index in [1.807, 2.05) is 19.3 Å². The molecule has 0 bridgehead atoms. The first-order chi connectivity index (χ1) is 13.6. The molecule has 3 aromatic rings. The Morgan fingerprint density at radius 1 is 1.14 bits per heavy atom. The minimum atomic E-state index is 0.109. The number of aryl methyl sites for hydroxylation is 1. The van der Waals surface area contributed by atoms with E-state index in [0.29, 0.717) is 0 Å². The van der Waals surface area contributed by atoms with E-state index in [-0.39, 0.29) is 5.54 Å². The van der Waals surface area contributed by atoms with Gasteiger partial charge in [0, 0.05) is 43.9 Å². The van der Waals surface area contributed by atoms with Crippen LogP contribution in [0.15, 0.2) is 47.1 Å². The van der Waals surface area contributed by atoms with E-state index < -0.39 is 0 Å². The molecule has 1 spiro atoms. The summed E-state index contributed by atoms with van der Waals surface area (Å²) in [4.78, 5) is 13.2. The number of furan rings is 1. The molecule has 0 atom stereocenters. The average molecular weight is 377 g/mol. The average Bonchev–Trinajstić information content (AvgIpc) is 3.36. The highest BCUT2D eigenvalue weighted by molar-refractivity contribution is 5.58. The minimum absolute atomic E-state index is 0.109. The lowest BCUT2D eigenvalue weighted by Crippen LogP contribution is -2.54. The fourth-order valence-electron chi connectivity index (χ4n) is 4.96. The summed E-state index contributed by atoms with van der Waals surface area (Å²) in [6.07, 6.45) is 5.23. The smallest absolute Gasteiger partial charge is 0.134 e. The Balaban J connectivity index is 1.30. The van der Waals surface area contributed by atoms with Gasteiger partial charge in [-0.2, -0.15) is 0 Å². The Bertz CT molecular complexity index is 964. The molecular weight excluding hydrogens is 348 g/mol. The van der Waals surface area contributed by atoms with E-state index in [1.54, 1.807) is 0 Å². The minimum Gasteiger partial charge on any atom is -0.461 e. The molecule has 0 saturated carbocycles. The largest absolute Gasteiger partial charge is 0.461 e. The second-order valence-corrected chi connectivity index (χ2v) is 8.32. The highest BCUT2D eigenvalue weighted by Crippen LogP contribution is 2.41. The monoisotopic (exact) mass is 376 g/mol. The second kappa shape index (κ2) is 6.90. The molecule has 1 aromatic carbocycles. The topological polar surface area (TPSA) is 48.3 Å². The number of imidazole rings is 1. The Morgan fingerprint density at radius 2 is 2.00 bits per heavy atom. The highest BCUT2D eigenvalue weighted by atomic mass is 16.3. The van der Waals surface area contributed by atoms with Gasteiger partial charge in [0.2, 0.25) is 0 Å². The van der Waals surface area contributed by atoms with Crippen LogP contribution in [0, 0.1) is 6.92 Å². The molecule has 146 valence electrons. The van der Waals surface area contributed by atoms with Crippen molar-refractivity contribution < 1.29 is 4.42 Å². The van der Waals surface area contributed by atoms with Crippen LogP contribution >= 0.6 is 0 Å². The molecule has 28 heavy (non-hydrogen) atoms. The molecule has 5 heteroatoms. The summed E-state index contributed by atoms with van der Waals surface area (Å²) >= 11 is 0. The number of benzene rings is 1. The molecule has 2 aliphatic rings. The van der Waals surface area contributed by atoms with Gasteiger partial charge in [-0.05, 0) is 50.6 Å². The fourth-order valence-corrected chi connectivity index (χ4v) is 4.96. The summed E-state index contributed by atoms with van der Waals surface area (Å²) in [6, 6.07) is 12.8. The lowest BCUT2D eigenvalue weighted by molar-refractivity contribution is 0.0221. The SMILES string of the molecule is Cc1ccc(-c2cccc(CN3CCC4(CC3)c3nc[nH]c3CCN4C)c2)o1. The van der Waals surface area contributed by atoms with E-state index in [4.69, 9.17) is 9.40 Å². The molecule has 1 saturated heterocycles. The van der Waals surface area contributed by atoms with Crippen molar-refractivity contribution in [2.24, 2.45) is 0 Å². The summed E-state index contributed by atoms with van der Waals surface area (Å²) in [5.41, 5.74) is 5.24. The molecule has 1 N–H and O–H groups in total. The zero-order valence-corrected chi connectivity index (χ0v) is 16.7. The Morgan fingerprint density at radius 3 is 2.79 bits per heavy atom. The van der Waals surface area contributed by atoms with Crippen molar-refractivity contribution in [3.63, 3.8) is 0 Å². The maximum absolute atomic E-state index is 5.80. The van der Waals surface area contributed by atoms with Gasteiger partial charge in [-0.1, -0.05) is 18.2 Å². The van der Waals surface area contributed by atoms with Crippen molar-refractivity contribution in [2.45, 2.75) is 38.3 Å². The normalized spacial score (nSPS) is 19.8. The van der Waals surface area contributed by atoms with Gasteiger partial charge in [-0.25, -0.2) is 4.98 Å². The van der Waals surface area contributed by atoms with Gasteiger partial charge in [-0.3, -0.25) is 9.80 Å². The molecule has 0 amide bonds. The van der Waals surface area contributed by atoms with Crippen LogP contribution < -0.4 is 0 Å². The first-order valence-electron chi connectivity index (χ1n) is 10.3. The first-order valence-corrected chi connectivity index (χ1v) is 10.3. The number of nitrogens with one attached hydrogen (secondary N) is 1. The molecule has 0 aliphatic carbocycles. The van der Waals surface area contributed by atoms with Crippen LogP contribution in [-0.4, -0.2) is 46.4 Å². The van der Waals surface area contributed by atoms with E-state index >= 15 is 0 Å². The van der Waals surface area contributed by atoms with Crippen LogP contribution in [0.1, 0.15) is 35.6 Å². The third-order valence-electron chi connectivity index (χ3n) is 6.63. The van der Waals surface area contributed by atoms with Gasteiger partial charge in [0.25, 0.3) is 0 Å². The number of H-pyrrole nitrogens is 1. The Labute approximate surface area is 166 Å². The van der Waals surface area contributed by atoms with Crippen molar-refractivity contribution in [1.29, 1.82) is 0 Å². The number of hydrogen-bond donors (Lipinski definition) is 1. The van der Waals surface area contributed by atoms with Crippen LogP contribution in [0.4, 0.5) is 0 Å². The van der Waals surface area contributed by atoms with Gasteiger partial charge in [-0.15, -0.1) is 0 Å². The Kier molecular flexibility index (Phi) is 4.37. The Hall–Kier alpha value is -2.37. The van der Waals surface area contributed by atoms with Crippen molar-refractivity contribution in [3.05, 3.63) is 65.4 Å². The predicted octanol–water partition coefficient (Wildman–Crippen LogP) is 3.96. The van der Waals surface area contributed by atoms with Crippen LogP contribution in [0.5, 0.6) is 0 Å². The van der Waals surface area contributed by atoms with Crippen LogP contribution in [0.2, 0.25) is 0 Å². The molecular formula is C23H28N4O. The first kappa shape index (κ1) is 17.7. The fraction of sp³-hybridized carbons (Fsp3) is 0.435. The molecule has 0 unspecified atom stereocenters. The summed E-state index contributed by atoms with van der Waals surface area (Å²) in [7, 11) is 2.27. The lowest BCUT2D eigenvalue weighted by atomic mass is 9.79. The summed E-state index contributed by atoms with van der Waals surface area (Å²) in [5, 5.41) is 0. The zero-order chi connectivity index (χ0) is 19.1. The number of rotatable bonds is 3. The van der Waals surface area contributed by atoms with E-state index in [0.717, 1.165) is 62.5 Å². The zero-order valence-electron chi connectivity index (χ0n) is 16.7. The van der Waals surface area contributed by atoms with Crippen LogP contribution in [0.3, 0.4) is 0 Å². The maximum Gasteiger partial charge on any atom is 0.134 e. The maximum atomic E-state index is 5.80. The molecule has 0 radical (unpaired) electrons. The third-order valence-corrected chi connectivity index (χ3v) is 6.63. The van der Waals surface area contributed by atoms with E-state index in [2.05, 4.69) is 52.2 Å². The number of aromatic amines is 1. The number of hydrogen-bond acceptors (Lipinski definition) is 4. The number of likely N-dealkylation sites (tertiary alicyclic amines) is 1. The van der Waals surface area contributed by atoms with Crippen LogP contribution in [0.25, 0.3) is 11.3 Å². The molecule has 1 fully saturated rings. The molecule has 2 aliphatic heterocycles. The van der Waals surface area contributed by atoms with Gasteiger partial charge in [0.1, 0.15) is 11.5 Å². The van der Waals surface area contributed by atoms with E-state index in [1.165, 1.54) is 17.0 Å². The number of likely N-dealkylation sites (N-methyl/N-ethyl adjacent to an activating group) is 1. The third kappa shape index (κ3) is 2.99. The lowest BCUT2D eigenvalue weighted by Gasteiger charge is -2.49. The number of fused-ring (bicyclic) bond motifs is 2. The van der Waals surface area contributed by atoms with Gasteiger partial charge in [0.05, 0.1) is 17.6 Å². The number of aromatic nitrogens is 2. The van der Waals surface area contributed by atoms with Crippen molar-refractivity contribution in [1.82, 2.24) is 19.8 Å². The molecule has 5 nitrogen and oxygen atoms in total. The molecule has 2 aromatic heterocycles. The second-order valence-electron chi connectivity index (χ2n) is 8.32. The van der Waals surface area contributed by atoms with Gasteiger partial charge < -0.3 is 9.40 Å². The van der Waals surface area contributed by atoms with Gasteiger partial charge in [0.15, 0.2) is 0 Å². The summed E-state index contributed by atoms with van der Waals surface area (Å²) < 4.78 is 5.80. The molecule has 4 heterocycles. The highest BCUT2D eigenvalue weighted by Gasteiger charge is 2.44. The molecule has 5 rings (SSSR count). The standard InChI is InChI=1S/C23H28N4O/c1-17-6-7-21(28-17)19-5-3-4-18(14-19)15-27-12-9-23(10-13-27)22-20(24-16-25-22)8-11-26(23)2/h3-7,14,16H,8-13,15H2,1-2H3,(H,24,25). The van der Waals surface area contributed by atoms with E-state index in [9.17, 15) is 0 Å². The van der Waals surface area contributed by atoms with Crippen LogP contribution in [-0.2, 0) is 18.5 Å². The predicted molar refractivity (Wildman–Crippen MR) is 110 cm³/mol. The van der Waals surface area contributed by atoms with Gasteiger partial charge >= 0.3 is 0 Å². The summed E-state index contributed by atoms with van der Waals surface area (Å²) in [6.45, 7) is 6.28. The summed E-state index contributed by atoms with van der Waals surface area (Å²) in [5.74, 6) is 1.91. The van der Waals surface area contributed by atoms with Crippen molar-refractivity contribution in [2.75, 3.05) is 26.7 Å². The quantitative estimate of drug-likeness (QED) is 0.752. The number of piperidine rings is 1. The van der Waals surface area contributed by atoms with Crippen molar-refractivity contribution in [3.8, 4) is 11.3 Å².